The van der Waals surface area contributed by atoms with Crippen molar-refractivity contribution in [3.8, 4) is 0 Å². The van der Waals surface area contributed by atoms with Gasteiger partial charge in [0.15, 0.2) is 0 Å². The lowest BCUT2D eigenvalue weighted by Gasteiger charge is -2.39. The van der Waals surface area contributed by atoms with Gasteiger partial charge in [-0.3, -0.25) is 4.90 Å². The highest BCUT2D eigenvalue weighted by molar-refractivity contribution is 5.07. The van der Waals surface area contributed by atoms with Gasteiger partial charge < -0.3 is 9.73 Å². The van der Waals surface area contributed by atoms with E-state index in [2.05, 4.69) is 43.2 Å². The molecule has 0 radical (unpaired) electrons. The molecule has 0 aliphatic carbocycles. The molecule has 0 spiro atoms. The number of likely N-dealkylation sites (tertiary alicyclic amines) is 1. The number of nitrogens with zero attached hydrogens (tertiary/aromatic N) is 1. The van der Waals surface area contributed by atoms with Gasteiger partial charge in [0.25, 0.3) is 0 Å². The van der Waals surface area contributed by atoms with Gasteiger partial charge in [0.1, 0.15) is 11.5 Å². The van der Waals surface area contributed by atoms with E-state index in [1.807, 2.05) is 0 Å². The van der Waals surface area contributed by atoms with Gasteiger partial charge in [-0.15, -0.1) is 0 Å². The van der Waals surface area contributed by atoms with Gasteiger partial charge in [-0.1, -0.05) is 6.92 Å². The lowest BCUT2D eigenvalue weighted by molar-refractivity contribution is 0.138. The summed E-state index contributed by atoms with van der Waals surface area (Å²) in [6.07, 6.45) is 3.41. The second-order valence-electron chi connectivity index (χ2n) is 5.31. The van der Waals surface area contributed by atoms with Crippen molar-refractivity contribution in [1.82, 2.24) is 10.2 Å². The van der Waals surface area contributed by atoms with Crippen LogP contribution in [0.25, 0.3) is 0 Å². The van der Waals surface area contributed by atoms with E-state index in [1.54, 1.807) is 0 Å². The van der Waals surface area contributed by atoms with Gasteiger partial charge in [0.05, 0.1) is 6.54 Å². The van der Waals surface area contributed by atoms with Crippen LogP contribution >= 0.6 is 0 Å². The first kappa shape index (κ1) is 12.7. The molecule has 3 nitrogen and oxygen atoms in total. The number of furan rings is 1. The normalized spacial score (nSPS) is 20.6. The molecule has 2 heterocycles. The van der Waals surface area contributed by atoms with Crippen molar-refractivity contribution in [3.05, 3.63) is 23.7 Å². The van der Waals surface area contributed by atoms with Crippen molar-refractivity contribution >= 4 is 0 Å². The molecular formula is C14H24N2O. The molecule has 1 fully saturated rings. The summed E-state index contributed by atoms with van der Waals surface area (Å²) in [5.41, 5.74) is 0.328. The third-order valence-corrected chi connectivity index (χ3v) is 4.01. The summed E-state index contributed by atoms with van der Waals surface area (Å²) in [6.45, 7) is 7.70. The first-order valence-electron chi connectivity index (χ1n) is 6.64. The number of piperidine rings is 1. The Morgan fingerprint density at radius 2 is 1.94 bits per heavy atom. The van der Waals surface area contributed by atoms with E-state index in [9.17, 15) is 0 Å². The first-order valence-corrected chi connectivity index (χ1v) is 6.64. The summed E-state index contributed by atoms with van der Waals surface area (Å²) in [4.78, 5) is 2.48. The molecule has 1 aromatic heterocycles. The maximum atomic E-state index is 5.76. The van der Waals surface area contributed by atoms with E-state index in [0.717, 1.165) is 37.6 Å². The zero-order chi connectivity index (χ0) is 12.3. The van der Waals surface area contributed by atoms with Crippen molar-refractivity contribution in [3.63, 3.8) is 0 Å². The fourth-order valence-electron chi connectivity index (χ4n) is 2.37. The molecule has 0 atom stereocenters. The van der Waals surface area contributed by atoms with Crippen LogP contribution in [0.5, 0.6) is 0 Å². The van der Waals surface area contributed by atoms with Gasteiger partial charge in [-0.05, 0) is 38.9 Å². The van der Waals surface area contributed by atoms with Crippen LogP contribution in [0, 0.1) is 0 Å². The third kappa shape index (κ3) is 3.11. The van der Waals surface area contributed by atoms with Crippen molar-refractivity contribution in [2.75, 3.05) is 20.1 Å². The highest BCUT2D eigenvalue weighted by atomic mass is 16.3. The molecule has 1 saturated heterocycles. The molecule has 1 aromatic rings. The summed E-state index contributed by atoms with van der Waals surface area (Å²) >= 11 is 0. The Morgan fingerprint density at radius 3 is 2.47 bits per heavy atom. The van der Waals surface area contributed by atoms with Crippen LogP contribution in [0.1, 0.15) is 38.2 Å². The van der Waals surface area contributed by atoms with Crippen LogP contribution in [0.15, 0.2) is 16.5 Å². The number of nitrogens with one attached hydrogen (secondary N) is 1. The fourth-order valence-corrected chi connectivity index (χ4v) is 2.37. The van der Waals surface area contributed by atoms with Crippen molar-refractivity contribution < 1.29 is 4.42 Å². The number of hydrogen-bond donors (Lipinski definition) is 1. The van der Waals surface area contributed by atoms with Crippen LogP contribution < -0.4 is 5.32 Å². The van der Waals surface area contributed by atoms with Crippen LogP contribution in [-0.4, -0.2) is 30.6 Å². The van der Waals surface area contributed by atoms with Gasteiger partial charge >= 0.3 is 0 Å². The van der Waals surface area contributed by atoms with Crippen LogP contribution in [0.4, 0.5) is 0 Å². The van der Waals surface area contributed by atoms with Crippen LogP contribution in [0.2, 0.25) is 0 Å². The summed E-state index contributed by atoms with van der Waals surface area (Å²) in [7, 11) is 2.07. The Labute approximate surface area is 104 Å². The molecule has 0 unspecified atom stereocenters. The minimum Gasteiger partial charge on any atom is -0.465 e. The average molecular weight is 236 g/mol. The number of hydrogen-bond acceptors (Lipinski definition) is 3. The van der Waals surface area contributed by atoms with Gasteiger partial charge in [0.2, 0.25) is 0 Å². The molecule has 0 amide bonds. The Kier molecular flexibility index (Phi) is 3.89. The van der Waals surface area contributed by atoms with Gasteiger partial charge in [-0.2, -0.15) is 0 Å². The van der Waals surface area contributed by atoms with E-state index < -0.39 is 0 Å². The average Bonchev–Trinajstić information content (AvgIpc) is 2.80. The second kappa shape index (κ2) is 5.23. The number of aryl methyl sites for hydroxylation is 1. The molecule has 2 rings (SSSR count). The first-order chi connectivity index (χ1) is 8.15. The molecule has 3 heteroatoms. The predicted molar refractivity (Wildman–Crippen MR) is 70.1 cm³/mol. The zero-order valence-corrected chi connectivity index (χ0v) is 11.3. The standard InChI is InChI=1S/C14H24N2O/c1-4-12-5-6-13(17-12)11-16-9-7-14(2,15-3)8-10-16/h5-6,15H,4,7-11H2,1-3H3. The van der Waals surface area contributed by atoms with E-state index in [-0.39, 0.29) is 0 Å². The molecule has 17 heavy (non-hydrogen) atoms. The lowest BCUT2D eigenvalue weighted by Crippen LogP contribution is -2.49. The highest BCUT2D eigenvalue weighted by Crippen LogP contribution is 2.22. The third-order valence-electron chi connectivity index (χ3n) is 4.01. The van der Waals surface area contributed by atoms with Gasteiger partial charge in [0, 0.05) is 25.0 Å². The lowest BCUT2D eigenvalue weighted by atomic mass is 9.90. The minimum absolute atomic E-state index is 0.328. The molecule has 1 aliphatic heterocycles. The van der Waals surface area contributed by atoms with E-state index in [4.69, 9.17) is 4.42 Å². The van der Waals surface area contributed by atoms with Crippen molar-refractivity contribution in [1.29, 1.82) is 0 Å². The molecule has 0 bridgehead atoms. The van der Waals surface area contributed by atoms with Crippen LogP contribution in [0.3, 0.4) is 0 Å². The molecule has 1 aliphatic rings. The summed E-state index contributed by atoms with van der Waals surface area (Å²) in [6, 6.07) is 4.21. The maximum absolute atomic E-state index is 5.76. The molecular weight excluding hydrogens is 212 g/mol. The van der Waals surface area contributed by atoms with E-state index >= 15 is 0 Å². The Balaban J connectivity index is 1.85. The van der Waals surface area contributed by atoms with E-state index in [0.29, 0.717) is 5.54 Å². The fraction of sp³-hybridized carbons (Fsp3) is 0.714. The highest BCUT2D eigenvalue weighted by Gasteiger charge is 2.28. The summed E-state index contributed by atoms with van der Waals surface area (Å²) in [5.74, 6) is 2.20. The second-order valence-corrected chi connectivity index (χ2v) is 5.31. The van der Waals surface area contributed by atoms with Crippen LogP contribution in [-0.2, 0) is 13.0 Å². The zero-order valence-electron chi connectivity index (χ0n) is 11.3. The summed E-state index contributed by atoms with van der Waals surface area (Å²) < 4.78 is 5.76. The molecule has 96 valence electrons. The smallest absolute Gasteiger partial charge is 0.118 e. The Bertz CT molecular complexity index is 351. The van der Waals surface area contributed by atoms with E-state index in [1.165, 1.54) is 12.8 Å². The summed E-state index contributed by atoms with van der Waals surface area (Å²) in [5, 5.41) is 3.43. The monoisotopic (exact) mass is 236 g/mol. The predicted octanol–water partition coefficient (Wildman–Crippen LogP) is 2.42. The van der Waals surface area contributed by atoms with Crippen molar-refractivity contribution in [2.45, 2.75) is 45.2 Å². The number of rotatable bonds is 4. The van der Waals surface area contributed by atoms with Gasteiger partial charge in [-0.25, -0.2) is 0 Å². The SMILES string of the molecule is CCc1ccc(CN2CCC(C)(NC)CC2)o1. The molecule has 0 saturated carbocycles. The topological polar surface area (TPSA) is 28.4 Å². The largest absolute Gasteiger partial charge is 0.465 e. The Morgan fingerprint density at radius 1 is 1.29 bits per heavy atom. The van der Waals surface area contributed by atoms with Crippen molar-refractivity contribution in [2.24, 2.45) is 0 Å². The Hall–Kier alpha value is -0.800. The molecule has 0 aromatic carbocycles. The minimum atomic E-state index is 0.328. The quantitative estimate of drug-likeness (QED) is 0.870. The molecule has 1 N–H and O–H groups in total. The maximum Gasteiger partial charge on any atom is 0.118 e.